The molecule has 0 unspecified atom stereocenters. The summed E-state index contributed by atoms with van der Waals surface area (Å²) in [6, 6.07) is 10.6. The minimum Gasteiger partial charge on any atom is -0.495 e. The van der Waals surface area contributed by atoms with Gasteiger partial charge in [0, 0.05) is 31.5 Å². The van der Waals surface area contributed by atoms with Gasteiger partial charge in [0.25, 0.3) is 0 Å². The molecule has 1 aliphatic carbocycles. The van der Waals surface area contributed by atoms with E-state index in [-0.39, 0.29) is 11.5 Å². The van der Waals surface area contributed by atoms with Gasteiger partial charge in [-0.05, 0) is 41.9 Å². The van der Waals surface area contributed by atoms with Crippen LogP contribution in [0.3, 0.4) is 0 Å². The topological polar surface area (TPSA) is 106 Å². The number of H-pyrrole nitrogens is 1. The lowest BCUT2D eigenvalue weighted by Crippen LogP contribution is -2.44. The van der Waals surface area contributed by atoms with Gasteiger partial charge in [-0.1, -0.05) is 36.0 Å². The van der Waals surface area contributed by atoms with Crippen LogP contribution in [0.1, 0.15) is 30.0 Å². The van der Waals surface area contributed by atoms with Gasteiger partial charge in [-0.25, -0.2) is 9.97 Å². The molecular formula is C24H25N7OS. The van der Waals surface area contributed by atoms with E-state index in [4.69, 9.17) is 20.4 Å². The third-order valence-electron chi connectivity index (χ3n) is 7.01. The highest BCUT2D eigenvalue weighted by Gasteiger charge is 2.46. The molecule has 8 nitrogen and oxygen atoms in total. The van der Waals surface area contributed by atoms with Crippen LogP contribution < -0.4 is 15.4 Å². The Kier molecular flexibility index (Phi) is 4.95. The lowest BCUT2D eigenvalue weighted by molar-refractivity contribution is 0.187. The van der Waals surface area contributed by atoms with Gasteiger partial charge in [-0.15, -0.1) is 0 Å². The van der Waals surface area contributed by atoms with Crippen LogP contribution in [0.2, 0.25) is 0 Å². The molecule has 3 N–H and O–H groups in total. The van der Waals surface area contributed by atoms with Gasteiger partial charge >= 0.3 is 0 Å². The predicted molar refractivity (Wildman–Crippen MR) is 128 cm³/mol. The maximum Gasteiger partial charge on any atom is 0.206 e. The molecule has 2 aliphatic rings. The molecule has 6 rings (SSSR count). The van der Waals surface area contributed by atoms with Crippen LogP contribution in [0.15, 0.2) is 58.8 Å². The standard InChI is InChI=1S/C24H25N7OS/c1-32-17-6-9-26-13-18(17)33-19-14-27-21-22(28-19)30-23(29-21)31-10-7-24(8-11-31)12-15-4-2-3-5-16(15)20(24)25/h2-6,9,13-14,20H,7-8,10-12,25H2,1H3,(H,27,28,29,30)/t20-/m1/s1. The van der Waals surface area contributed by atoms with E-state index in [1.807, 2.05) is 6.07 Å². The van der Waals surface area contributed by atoms with E-state index in [2.05, 4.69) is 44.1 Å². The van der Waals surface area contributed by atoms with Crippen molar-refractivity contribution in [1.29, 1.82) is 0 Å². The molecule has 1 aromatic carbocycles. The minimum absolute atomic E-state index is 0.110. The second-order valence-corrected chi connectivity index (χ2v) is 9.83. The summed E-state index contributed by atoms with van der Waals surface area (Å²) in [6.07, 6.45) is 8.37. The Morgan fingerprint density at radius 2 is 2.00 bits per heavy atom. The SMILES string of the molecule is COc1ccncc1Sc1cnc2nc(N3CCC4(CC3)Cc3ccccc3[C@H]4N)[nH]c2n1. The minimum atomic E-state index is 0.110. The van der Waals surface area contributed by atoms with Gasteiger partial charge in [0.05, 0.1) is 18.2 Å². The molecule has 1 atom stereocenters. The molecular weight excluding hydrogens is 434 g/mol. The van der Waals surface area contributed by atoms with E-state index >= 15 is 0 Å². The fourth-order valence-corrected chi connectivity index (χ4v) is 5.99. The first kappa shape index (κ1) is 20.4. The highest BCUT2D eigenvalue weighted by Crippen LogP contribution is 2.50. The van der Waals surface area contributed by atoms with Crippen molar-refractivity contribution < 1.29 is 4.74 Å². The first-order chi connectivity index (χ1) is 16.1. The lowest BCUT2D eigenvalue weighted by atomic mass is 9.73. The summed E-state index contributed by atoms with van der Waals surface area (Å²) in [7, 11) is 1.65. The summed E-state index contributed by atoms with van der Waals surface area (Å²) < 4.78 is 5.41. The molecule has 1 fully saturated rings. The fourth-order valence-electron chi connectivity index (χ4n) is 5.16. The third-order valence-corrected chi connectivity index (χ3v) is 7.94. The fraction of sp³-hybridized carbons (Fsp3) is 0.333. The van der Waals surface area contributed by atoms with Crippen molar-refractivity contribution in [1.82, 2.24) is 24.9 Å². The molecule has 0 radical (unpaired) electrons. The zero-order chi connectivity index (χ0) is 22.4. The Labute approximate surface area is 196 Å². The highest BCUT2D eigenvalue weighted by atomic mass is 32.2. The van der Waals surface area contributed by atoms with Gasteiger partial charge in [0.2, 0.25) is 5.95 Å². The van der Waals surface area contributed by atoms with E-state index in [1.54, 1.807) is 25.7 Å². The van der Waals surface area contributed by atoms with Crippen molar-refractivity contribution in [3.8, 4) is 5.75 Å². The van der Waals surface area contributed by atoms with Crippen LogP contribution in [0.25, 0.3) is 11.3 Å². The maximum atomic E-state index is 6.72. The average molecular weight is 460 g/mol. The molecule has 9 heteroatoms. The highest BCUT2D eigenvalue weighted by molar-refractivity contribution is 7.99. The van der Waals surface area contributed by atoms with Crippen LogP contribution in [0.5, 0.6) is 5.75 Å². The molecule has 0 amide bonds. The summed E-state index contributed by atoms with van der Waals surface area (Å²) in [4.78, 5) is 24.7. The largest absolute Gasteiger partial charge is 0.495 e. The summed E-state index contributed by atoms with van der Waals surface area (Å²) in [5.41, 5.74) is 10.9. The van der Waals surface area contributed by atoms with Gasteiger partial charge in [-0.3, -0.25) is 4.98 Å². The van der Waals surface area contributed by atoms with Crippen LogP contribution in [0, 0.1) is 5.41 Å². The zero-order valence-corrected chi connectivity index (χ0v) is 19.2. The van der Waals surface area contributed by atoms with Crippen LogP contribution in [-0.2, 0) is 6.42 Å². The van der Waals surface area contributed by atoms with E-state index in [1.165, 1.54) is 22.9 Å². The summed E-state index contributed by atoms with van der Waals surface area (Å²) in [6.45, 7) is 1.83. The Balaban J connectivity index is 1.19. The van der Waals surface area contributed by atoms with Crippen LogP contribution in [-0.4, -0.2) is 45.1 Å². The zero-order valence-electron chi connectivity index (χ0n) is 18.4. The molecule has 4 aromatic rings. The van der Waals surface area contributed by atoms with Crippen LogP contribution >= 0.6 is 11.8 Å². The van der Waals surface area contributed by atoms with Crippen LogP contribution in [0.4, 0.5) is 5.95 Å². The van der Waals surface area contributed by atoms with Crippen molar-refractivity contribution in [3.63, 3.8) is 0 Å². The Morgan fingerprint density at radius 1 is 1.15 bits per heavy atom. The Morgan fingerprint density at radius 3 is 2.82 bits per heavy atom. The quantitative estimate of drug-likeness (QED) is 0.475. The number of hydrogen-bond acceptors (Lipinski definition) is 8. The van der Waals surface area contributed by atoms with Gasteiger partial charge in [0.15, 0.2) is 11.3 Å². The predicted octanol–water partition coefficient (Wildman–Crippen LogP) is 3.75. The van der Waals surface area contributed by atoms with Gasteiger partial charge in [-0.2, -0.15) is 4.98 Å². The number of imidazole rings is 1. The summed E-state index contributed by atoms with van der Waals surface area (Å²) >= 11 is 1.47. The number of benzene rings is 1. The maximum absolute atomic E-state index is 6.72. The summed E-state index contributed by atoms with van der Waals surface area (Å²) in [5.74, 6) is 1.58. The number of nitrogens with one attached hydrogen (secondary N) is 1. The van der Waals surface area contributed by atoms with E-state index in [0.717, 1.165) is 54.0 Å². The third kappa shape index (κ3) is 3.52. The molecule has 0 saturated carbocycles. The van der Waals surface area contributed by atoms with Gasteiger partial charge < -0.3 is 20.4 Å². The monoisotopic (exact) mass is 459 g/mol. The molecule has 168 valence electrons. The van der Waals surface area contributed by atoms with Crippen molar-refractivity contribution in [2.24, 2.45) is 11.1 Å². The number of pyridine rings is 1. The molecule has 1 aliphatic heterocycles. The Hall–Kier alpha value is -3.17. The Bertz CT molecular complexity index is 1320. The average Bonchev–Trinajstić information content (AvgIpc) is 3.39. The van der Waals surface area contributed by atoms with Crippen molar-refractivity contribution in [3.05, 3.63) is 60.0 Å². The molecule has 1 spiro atoms. The first-order valence-corrected chi connectivity index (χ1v) is 11.9. The molecule has 33 heavy (non-hydrogen) atoms. The number of ether oxygens (including phenoxy) is 1. The van der Waals surface area contributed by atoms with Gasteiger partial charge in [0.1, 0.15) is 10.8 Å². The molecule has 0 bridgehead atoms. The smallest absolute Gasteiger partial charge is 0.206 e. The van der Waals surface area contributed by atoms with E-state index in [9.17, 15) is 0 Å². The molecule has 4 heterocycles. The van der Waals surface area contributed by atoms with E-state index in [0.29, 0.717) is 11.3 Å². The second-order valence-electron chi connectivity index (χ2n) is 8.77. The number of hydrogen-bond donors (Lipinski definition) is 2. The number of methoxy groups -OCH3 is 1. The number of nitrogens with two attached hydrogens (primary N) is 1. The number of piperidine rings is 1. The van der Waals surface area contributed by atoms with Crippen molar-refractivity contribution in [2.75, 3.05) is 25.1 Å². The summed E-state index contributed by atoms with van der Waals surface area (Å²) in [5, 5.41) is 0.760. The normalized spacial score (nSPS) is 19.2. The second kappa shape index (κ2) is 8.00. The number of aromatic amines is 1. The molecule has 3 aromatic heterocycles. The van der Waals surface area contributed by atoms with Crippen molar-refractivity contribution in [2.45, 2.75) is 35.2 Å². The first-order valence-electron chi connectivity index (χ1n) is 11.1. The van der Waals surface area contributed by atoms with E-state index < -0.39 is 0 Å². The number of aromatic nitrogens is 5. The van der Waals surface area contributed by atoms with Crippen molar-refractivity contribution >= 4 is 29.0 Å². The number of rotatable bonds is 4. The number of fused-ring (bicyclic) bond motifs is 2. The number of anilines is 1. The number of nitrogens with zero attached hydrogens (tertiary/aromatic N) is 5. The molecule has 1 saturated heterocycles. The lowest BCUT2D eigenvalue weighted by Gasteiger charge is -2.42.